The van der Waals surface area contributed by atoms with Crippen LogP contribution in [0.25, 0.3) is 0 Å². The molecule has 0 radical (unpaired) electrons. The van der Waals surface area contributed by atoms with Gasteiger partial charge in [0.1, 0.15) is 11.6 Å². The fourth-order valence-corrected chi connectivity index (χ4v) is 1.08. The van der Waals surface area contributed by atoms with Gasteiger partial charge in [0.15, 0.2) is 0 Å². The monoisotopic (exact) mass is 183 g/mol. The van der Waals surface area contributed by atoms with Gasteiger partial charge >= 0.3 is 0 Å². The first kappa shape index (κ1) is 9.99. The Morgan fingerprint density at radius 3 is 2.46 bits per heavy atom. The van der Waals surface area contributed by atoms with Gasteiger partial charge in [0.25, 0.3) is 0 Å². The predicted molar refractivity (Wildman–Crippen MR) is 50.1 cm³/mol. The first-order valence-electron chi connectivity index (χ1n) is 4.16. The van der Waals surface area contributed by atoms with E-state index in [-0.39, 0.29) is 11.2 Å². The predicted octanol–water partition coefficient (Wildman–Crippen LogP) is 1.77. The van der Waals surface area contributed by atoms with Crippen molar-refractivity contribution in [2.45, 2.75) is 19.3 Å². The number of nitrogens with two attached hydrogens (primary N) is 1. The van der Waals surface area contributed by atoms with Crippen molar-refractivity contribution in [1.82, 2.24) is 0 Å². The first-order valence-corrected chi connectivity index (χ1v) is 4.16. The topological polar surface area (TPSA) is 46.2 Å². The number of hydrogen-bond donors (Lipinski definition) is 2. The van der Waals surface area contributed by atoms with E-state index in [1.165, 1.54) is 12.1 Å². The SMILES string of the molecule is CC(C)(CN)c1cc(O)cc(F)c1. The summed E-state index contributed by atoms with van der Waals surface area (Å²) in [5.41, 5.74) is 5.94. The van der Waals surface area contributed by atoms with Crippen LogP contribution in [0.2, 0.25) is 0 Å². The minimum Gasteiger partial charge on any atom is -0.508 e. The zero-order valence-corrected chi connectivity index (χ0v) is 7.84. The zero-order valence-electron chi connectivity index (χ0n) is 7.84. The lowest BCUT2D eigenvalue weighted by atomic mass is 9.85. The number of benzene rings is 1. The van der Waals surface area contributed by atoms with E-state index in [1.807, 2.05) is 13.8 Å². The molecule has 0 bridgehead atoms. The zero-order chi connectivity index (χ0) is 10.1. The number of halogens is 1. The second-order valence-corrected chi connectivity index (χ2v) is 3.79. The molecular formula is C10H14FNO. The van der Waals surface area contributed by atoms with Crippen molar-refractivity contribution in [3.63, 3.8) is 0 Å². The molecule has 0 spiro atoms. The molecule has 1 aromatic rings. The van der Waals surface area contributed by atoms with E-state index in [9.17, 15) is 9.50 Å². The van der Waals surface area contributed by atoms with Crippen molar-refractivity contribution in [1.29, 1.82) is 0 Å². The lowest BCUT2D eigenvalue weighted by Crippen LogP contribution is -2.28. The lowest BCUT2D eigenvalue weighted by Gasteiger charge is -2.23. The summed E-state index contributed by atoms with van der Waals surface area (Å²) < 4.78 is 12.9. The van der Waals surface area contributed by atoms with E-state index in [0.717, 1.165) is 6.07 Å². The van der Waals surface area contributed by atoms with Gasteiger partial charge in [-0.15, -0.1) is 0 Å². The number of phenolic OH excluding ortho intramolecular Hbond substituents is 1. The molecule has 3 N–H and O–H groups in total. The Morgan fingerprint density at radius 2 is 2.00 bits per heavy atom. The molecule has 0 aromatic heterocycles. The number of rotatable bonds is 2. The van der Waals surface area contributed by atoms with Crippen LogP contribution in [0, 0.1) is 5.82 Å². The molecule has 0 aliphatic heterocycles. The summed E-state index contributed by atoms with van der Waals surface area (Å²) in [4.78, 5) is 0. The highest BCUT2D eigenvalue weighted by atomic mass is 19.1. The van der Waals surface area contributed by atoms with Crippen LogP contribution in [-0.4, -0.2) is 11.7 Å². The highest BCUT2D eigenvalue weighted by Crippen LogP contribution is 2.26. The molecule has 0 atom stereocenters. The van der Waals surface area contributed by atoms with Crippen LogP contribution in [0.4, 0.5) is 4.39 Å². The van der Waals surface area contributed by atoms with Gasteiger partial charge < -0.3 is 10.8 Å². The molecule has 3 heteroatoms. The van der Waals surface area contributed by atoms with Crippen molar-refractivity contribution in [3.05, 3.63) is 29.6 Å². The van der Waals surface area contributed by atoms with E-state index in [0.29, 0.717) is 12.1 Å². The Morgan fingerprint density at radius 1 is 1.38 bits per heavy atom. The summed E-state index contributed by atoms with van der Waals surface area (Å²) >= 11 is 0. The van der Waals surface area contributed by atoms with E-state index in [4.69, 9.17) is 5.73 Å². The molecule has 0 unspecified atom stereocenters. The van der Waals surface area contributed by atoms with Crippen molar-refractivity contribution in [2.75, 3.05) is 6.54 Å². The minimum atomic E-state index is -0.434. The fraction of sp³-hybridized carbons (Fsp3) is 0.400. The summed E-state index contributed by atoms with van der Waals surface area (Å²) in [5.74, 6) is -0.493. The molecule has 2 nitrogen and oxygen atoms in total. The van der Waals surface area contributed by atoms with E-state index in [2.05, 4.69) is 0 Å². The smallest absolute Gasteiger partial charge is 0.127 e. The van der Waals surface area contributed by atoms with Crippen molar-refractivity contribution < 1.29 is 9.50 Å². The molecular weight excluding hydrogens is 169 g/mol. The van der Waals surface area contributed by atoms with Gasteiger partial charge in [0, 0.05) is 18.0 Å². The van der Waals surface area contributed by atoms with E-state index >= 15 is 0 Å². The number of hydrogen-bond acceptors (Lipinski definition) is 2. The Labute approximate surface area is 77.2 Å². The third-order valence-electron chi connectivity index (χ3n) is 2.17. The van der Waals surface area contributed by atoms with Gasteiger partial charge in [-0.05, 0) is 17.7 Å². The van der Waals surface area contributed by atoms with Gasteiger partial charge in [0.05, 0.1) is 0 Å². The van der Waals surface area contributed by atoms with Gasteiger partial charge in [0.2, 0.25) is 0 Å². The molecule has 1 rings (SSSR count). The van der Waals surface area contributed by atoms with Crippen LogP contribution in [0.1, 0.15) is 19.4 Å². The van der Waals surface area contributed by atoms with E-state index < -0.39 is 5.82 Å². The van der Waals surface area contributed by atoms with Crippen LogP contribution in [0.5, 0.6) is 5.75 Å². The summed E-state index contributed by atoms with van der Waals surface area (Å²) in [7, 11) is 0. The summed E-state index contributed by atoms with van der Waals surface area (Å²) in [6, 6.07) is 4.01. The van der Waals surface area contributed by atoms with Crippen molar-refractivity contribution >= 4 is 0 Å². The average Bonchev–Trinajstić information content (AvgIpc) is 2.02. The number of aromatic hydroxyl groups is 1. The van der Waals surface area contributed by atoms with Crippen LogP contribution < -0.4 is 5.73 Å². The molecule has 1 aromatic carbocycles. The second kappa shape index (κ2) is 3.34. The molecule has 0 saturated carbocycles. The van der Waals surface area contributed by atoms with Gasteiger partial charge in [-0.3, -0.25) is 0 Å². The maximum atomic E-state index is 12.9. The highest BCUT2D eigenvalue weighted by Gasteiger charge is 2.19. The largest absolute Gasteiger partial charge is 0.508 e. The molecule has 72 valence electrons. The van der Waals surface area contributed by atoms with Gasteiger partial charge in [-0.25, -0.2) is 4.39 Å². The summed E-state index contributed by atoms with van der Waals surface area (Å²) in [5, 5.41) is 9.17. The summed E-state index contributed by atoms with van der Waals surface area (Å²) in [6.07, 6.45) is 0. The molecule has 0 heterocycles. The fourth-order valence-electron chi connectivity index (χ4n) is 1.08. The minimum absolute atomic E-state index is 0.0588. The standard InChI is InChI=1S/C10H14FNO/c1-10(2,6-12)7-3-8(11)5-9(13)4-7/h3-5,13H,6,12H2,1-2H3. The van der Waals surface area contributed by atoms with Gasteiger partial charge in [-0.1, -0.05) is 13.8 Å². The lowest BCUT2D eigenvalue weighted by molar-refractivity contribution is 0.460. The van der Waals surface area contributed by atoms with E-state index in [1.54, 1.807) is 0 Å². The molecule has 0 aliphatic carbocycles. The highest BCUT2D eigenvalue weighted by molar-refractivity contribution is 5.33. The van der Waals surface area contributed by atoms with Crippen LogP contribution in [-0.2, 0) is 5.41 Å². The third-order valence-corrected chi connectivity index (χ3v) is 2.17. The Hall–Kier alpha value is -1.09. The summed E-state index contributed by atoms with van der Waals surface area (Å²) in [6.45, 7) is 4.22. The average molecular weight is 183 g/mol. The molecule has 0 fully saturated rings. The maximum absolute atomic E-state index is 12.9. The Kier molecular flexibility index (Phi) is 2.57. The first-order chi connectivity index (χ1) is 5.95. The second-order valence-electron chi connectivity index (χ2n) is 3.79. The quantitative estimate of drug-likeness (QED) is 0.734. The van der Waals surface area contributed by atoms with Gasteiger partial charge in [-0.2, -0.15) is 0 Å². The third kappa shape index (κ3) is 2.18. The van der Waals surface area contributed by atoms with Crippen molar-refractivity contribution in [2.24, 2.45) is 5.73 Å². The Balaban J connectivity index is 3.15. The number of phenols is 1. The Bertz CT molecular complexity index is 290. The van der Waals surface area contributed by atoms with Crippen molar-refractivity contribution in [3.8, 4) is 5.75 Å². The molecule has 13 heavy (non-hydrogen) atoms. The molecule has 0 saturated heterocycles. The van der Waals surface area contributed by atoms with Crippen LogP contribution in [0.3, 0.4) is 0 Å². The van der Waals surface area contributed by atoms with Crippen LogP contribution >= 0.6 is 0 Å². The molecule has 0 aliphatic rings. The molecule has 0 amide bonds. The van der Waals surface area contributed by atoms with Crippen LogP contribution in [0.15, 0.2) is 18.2 Å². The maximum Gasteiger partial charge on any atom is 0.127 e. The normalized spacial score (nSPS) is 11.7.